The molecule has 2 heterocycles. The predicted molar refractivity (Wildman–Crippen MR) is 113 cm³/mol. The molecule has 0 saturated carbocycles. The summed E-state index contributed by atoms with van der Waals surface area (Å²) in [6.07, 6.45) is 0.803. The van der Waals surface area contributed by atoms with Crippen LogP contribution in [0, 0.1) is 0 Å². The number of ether oxygens (including phenoxy) is 1. The second kappa shape index (κ2) is 7.17. The summed E-state index contributed by atoms with van der Waals surface area (Å²) < 4.78 is 5.49. The Morgan fingerprint density at radius 1 is 1.00 bits per heavy atom. The molecule has 4 nitrogen and oxygen atoms in total. The number of nitrogens with zero attached hydrogens (tertiary/aromatic N) is 1. The maximum atomic E-state index is 11.7. The van der Waals surface area contributed by atoms with E-state index in [0.717, 1.165) is 23.4 Å². The fourth-order valence-electron chi connectivity index (χ4n) is 3.51. The van der Waals surface area contributed by atoms with Crippen molar-refractivity contribution in [1.29, 1.82) is 0 Å². The normalized spacial score (nSPS) is 18.1. The minimum Gasteiger partial charge on any atom is -0.482 e. The highest BCUT2D eigenvalue weighted by molar-refractivity contribution is 7.99. The number of para-hydroxylation sites is 1. The quantitative estimate of drug-likeness (QED) is 0.644. The van der Waals surface area contributed by atoms with Gasteiger partial charge in [0.05, 0.1) is 11.4 Å². The van der Waals surface area contributed by atoms with E-state index in [0.29, 0.717) is 11.4 Å². The van der Waals surface area contributed by atoms with Gasteiger partial charge in [-0.25, -0.2) is 0 Å². The smallest absolute Gasteiger partial charge is 0.262 e. The lowest BCUT2D eigenvalue weighted by molar-refractivity contribution is -0.118. The van der Waals surface area contributed by atoms with Crippen molar-refractivity contribution in [2.45, 2.75) is 16.6 Å². The van der Waals surface area contributed by atoms with E-state index in [1.165, 1.54) is 10.5 Å². The van der Waals surface area contributed by atoms with Crippen LogP contribution < -0.4 is 10.1 Å². The Morgan fingerprint density at radius 3 is 2.71 bits per heavy atom. The van der Waals surface area contributed by atoms with Gasteiger partial charge in [-0.2, -0.15) is 0 Å². The summed E-state index contributed by atoms with van der Waals surface area (Å²) >= 11 is 1.85. The van der Waals surface area contributed by atoms with E-state index >= 15 is 0 Å². The van der Waals surface area contributed by atoms with E-state index in [1.807, 2.05) is 42.1 Å². The molecule has 0 aliphatic carbocycles. The number of hydrogen-bond acceptors (Lipinski definition) is 4. The van der Waals surface area contributed by atoms with Gasteiger partial charge in [-0.05, 0) is 41.5 Å². The maximum absolute atomic E-state index is 11.7. The first-order valence-corrected chi connectivity index (χ1v) is 10.1. The lowest BCUT2D eigenvalue weighted by atomic mass is 10.0. The second-order valence-corrected chi connectivity index (χ2v) is 8.04. The molecule has 2 aliphatic rings. The van der Waals surface area contributed by atoms with Crippen LogP contribution >= 0.6 is 11.8 Å². The van der Waals surface area contributed by atoms with Gasteiger partial charge in [0.1, 0.15) is 5.75 Å². The average molecular weight is 386 g/mol. The zero-order valence-corrected chi connectivity index (χ0v) is 15.9. The Kier molecular flexibility index (Phi) is 4.37. The molecule has 28 heavy (non-hydrogen) atoms. The van der Waals surface area contributed by atoms with E-state index in [-0.39, 0.29) is 17.8 Å². The number of nitrogens with one attached hydrogen (secondary N) is 1. The van der Waals surface area contributed by atoms with Crippen molar-refractivity contribution in [3.63, 3.8) is 0 Å². The van der Waals surface area contributed by atoms with Crippen LogP contribution in [-0.2, 0) is 4.79 Å². The lowest BCUT2D eigenvalue weighted by Crippen LogP contribution is -2.25. The summed E-state index contributed by atoms with van der Waals surface area (Å²) in [5.41, 5.74) is 4.99. The molecule has 5 rings (SSSR count). The van der Waals surface area contributed by atoms with Crippen molar-refractivity contribution in [3.05, 3.63) is 83.9 Å². The largest absolute Gasteiger partial charge is 0.482 e. The highest BCUT2D eigenvalue weighted by Crippen LogP contribution is 2.45. The standard InChI is InChI=1S/C23H18N2O2S/c26-23-14-27-20-11-10-16(12-19(20)25-23)18-13-22(15-6-2-1-3-7-15)28-21-9-5-4-8-17(21)24-18/h1-12,22H,13-14H2,(H,25,26)/t22-/m1/s1. The third-order valence-electron chi connectivity index (χ3n) is 4.89. The third-order valence-corrected chi connectivity index (χ3v) is 6.21. The van der Waals surface area contributed by atoms with Crippen LogP contribution in [0.15, 0.2) is 82.7 Å². The molecule has 5 heteroatoms. The minimum atomic E-state index is -0.129. The Balaban J connectivity index is 1.58. The Morgan fingerprint density at radius 2 is 1.82 bits per heavy atom. The van der Waals surface area contributed by atoms with Crippen LogP contribution in [0.4, 0.5) is 11.4 Å². The van der Waals surface area contributed by atoms with Gasteiger partial charge >= 0.3 is 0 Å². The number of anilines is 1. The van der Waals surface area contributed by atoms with E-state index < -0.39 is 0 Å². The van der Waals surface area contributed by atoms with E-state index in [2.05, 4.69) is 47.8 Å². The molecular weight excluding hydrogens is 368 g/mol. The van der Waals surface area contributed by atoms with Crippen LogP contribution in [-0.4, -0.2) is 18.2 Å². The molecule has 0 aromatic heterocycles. The summed E-state index contributed by atoms with van der Waals surface area (Å²) in [4.78, 5) is 17.9. The van der Waals surface area contributed by atoms with Crippen LogP contribution in [0.25, 0.3) is 0 Å². The van der Waals surface area contributed by atoms with Crippen molar-refractivity contribution in [1.82, 2.24) is 0 Å². The van der Waals surface area contributed by atoms with Gasteiger partial charge in [0.2, 0.25) is 0 Å². The van der Waals surface area contributed by atoms with Crippen LogP contribution in [0.2, 0.25) is 0 Å². The van der Waals surface area contributed by atoms with Gasteiger partial charge in [0.25, 0.3) is 5.91 Å². The third kappa shape index (κ3) is 3.29. The summed E-state index contributed by atoms with van der Waals surface area (Å²) in [6.45, 7) is 0.0629. The van der Waals surface area contributed by atoms with Gasteiger partial charge in [-0.15, -0.1) is 11.8 Å². The fourth-order valence-corrected chi connectivity index (χ4v) is 4.74. The zero-order chi connectivity index (χ0) is 18.9. The Bertz CT molecular complexity index is 1080. The Labute approximate surface area is 167 Å². The lowest BCUT2D eigenvalue weighted by Gasteiger charge is -2.20. The monoisotopic (exact) mass is 386 g/mol. The number of fused-ring (bicyclic) bond motifs is 2. The van der Waals surface area contributed by atoms with Crippen molar-refractivity contribution in [2.24, 2.45) is 4.99 Å². The summed E-state index contributed by atoms with van der Waals surface area (Å²) in [5.74, 6) is 0.572. The second-order valence-electron chi connectivity index (χ2n) is 6.80. The SMILES string of the molecule is O=C1COc2ccc(C3=Nc4ccccc4S[C@@H](c4ccccc4)C3)cc2N1. The van der Waals surface area contributed by atoms with Gasteiger partial charge in [-0.3, -0.25) is 9.79 Å². The van der Waals surface area contributed by atoms with Gasteiger partial charge in [0, 0.05) is 22.3 Å². The number of carbonyl (C=O) groups is 1. The maximum Gasteiger partial charge on any atom is 0.262 e. The van der Waals surface area contributed by atoms with Gasteiger partial charge < -0.3 is 10.1 Å². The first-order valence-electron chi connectivity index (χ1n) is 9.21. The molecule has 1 atom stereocenters. The molecule has 1 N–H and O–H groups in total. The van der Waals surface area contributed by atoms with Crippen molar-refractivity contribution in [3.8, 4) is 5.75 Å². The first-order chi connectivity index (χ1) is 13.8. The molecule has 0 unspecified atom stereocenters. The molecule has 1 amide bonds. The van der Waals surface area contributed by atoms with Gasteiger partial charge in [0.15, 0.2) is 6.61 Å². The zero-order valence-electron chi connectivity index (χ0n) is 15.1. The first kappa shape index (κ1) is 17.1. The van der Waals surface area contributed by atoms with E-state index in [4.69, 9.17) is 9.73 Å². The number of hydrogen-bond donors (Lipinski definition) is 1. The van der Waals surface area contributed by atoms with Crippen molar-refractivity contribution in [2.75, 3.05) is 11.9 Å². The summed E-state index contributed by atoms with van der Waals surface area (Å²) in [6, 6.07) is 24.7. The number of thioether (sulfide) groups is 1. The molecule has 0 spiro atoms. The van der Waals surface area contributed by atoms with Crippen LogP contribution in [0.5, 0.6) is 5.75 Å². The Hall–Kier alpha value is -3.05. The predicted octanol–water partition coefficient (Wildman–Crippen LogP) is 5.38. The molecule has 2 aliphatic heterocycles. The fraction of sp³-hybridized carbons (Fsp3) is 0.130. The van der Waals surface area contributed by atoms with E-state index in [1.54, 1.807) is 0 Å². The molecule has 0 fully saturated rings. The number of carbonyl (C=O) groups excluding carboxylic acids is 1. The highest BCUT2D eigenvalue weighted by Gasteiger charge is 2.24. The molecule has 138 valence electrons. The summed E-state index contributed by atoms with van der Waals surface area (Å²) in [5, 5.41) is 3.16. The molecule has 0 bridgehead atoms. The minimum absolute atomic E-state index is 0.0629. The molecule has 0 radical (unpaired) electrons. The van der Waals surface area contributed by atoms with Crippen molar-refractivity contribution < 1.29 is 9.53 Å². The summed E-state index contributed by atoms with van der Waals surface area (Å²) in [7, 11) is 0. The topological polar surface area (TPSA) is 50.7 Å². The number of aliphatic imine (C=N–C) groups is 1. The molecule has 0 saturated heterocycles. The molecular formula is C23H18N2O2S. The number of rotatable bonds is 2. The van der Waals surface area contributed by atoms with Crippen molar-refractivity contribution >= 4 is 34.8 Å². The van der Waals surface area contributed by atoms with E-state index in [9.17, 15) is 4.79 Å². The highest BCUT2D eigenvalue weighted by atomic mass is 32.2. The molecule has 3 aromatic rings. The average Bonchev–Trinajstić information content (AvgIpc) is 2.93. The molecule has 3 aromatic carbocycles. The van der Waals surface area contributed by atoms with Crippen LogP contribution in [0.1, 0.15) is 22.8 Å². The number of benzene rings is 3. The number of amides is 1. The van der Waals surface area contributed by atoms with Crippen LogP contribution in [0.3, 0.4) is 0 Å². The van der Waals surface area contributed by atoms with Gasteiger partial charge in [-0.1, -0.05) is 42.5 Å².